The van der Waals surface area contributed by atoms with Gasteiger partial charge in [-0.15, -0.1) is 0 Å². The number of amides is 1. The third-order valence-electron chi connectivity index (χ3n) is 6.15. The lowest BCUT2D eigenvalue weighted by Crippen LogP contribution is -2.44. The molecule has 32 heavy (non-hydrogen) atoms. The molecule has 1 unspecified atom stereocenters. The van der Waals surface area contributed by atoms with Gasteiger partial charge in [0.15, 0.2) is 0 Å². The Bertz CT molecular complexity index is 938. The molecule has 1 amide bonds. The van der Waals surface area contributed by atoms with E-state index < -0.39 is 10.0 Å². The Labute approximate surface area is 193 Å². The first-order valence-corrected chi connectivity index (χ1v) is 13.3. The molecule has 174 valence electrons. The van der Waals surface area contributed by atoms with Crippen molar-refractivity contribution < 1.29 is 13.2 Å². The summed E-state index contributed by atoms with van der Waals surface area (Å²) in [7, 11) is -3.28. The molecule has 0 spiro atoms. The molecule has 1 aliphatic rings. The highest BCUT2D eigenvalue weighted by atomic mass is 32.2. The number of hydrogen-bond donors (Lipinski definition) is 1. The van der Waals surface area contributed by atoms with Crippen LogP contribution in [0, 0.1) is 11.8 Å². The summed E-state index contributed by atoms with van der Waals surface area (Å²) < 4.78 is 27.1. The number of nitrogens with one attached hydrogen (secondary N) is 1. The molecule has 1 fully saturated rings. The monoisotopic (exact) mass is 456 g/mol. The number of hydrogen-bond acceptors (Lipinski definition) is 3. The first-order chi connectivity index (χ1) is 15.3. The molecule has 5 nitrogen and oxygen atoms in total. The Morgan fingerprint density at radius 3 is 2.19 bits per heavy atom. The summed E-state index contributed by atoms with van der Waals surface area (Å²) in [5, 5.41) is 3.23. The van der Waals surface area contributed by atoms with Crippen LogP contribution in [0.2, 0.25) is 0 Å². The molecule has 1 heterocycles. The highest BCUT2D eigenvalue weighted by molar-refractivity contribution is 7.89. The van der Waals surface area contributed by atoms with Crippen molar-refractivity contribution in [2.24, 2.45) is 11.8 Å². The molecule has 2 aromatic rings. The second-order valence-electron chi connectivity index (χ2n) is 9.18. The Hall–Kier alpha value is -2.18. The van der Waals surface area contributed by atoms with Gasteiger partial charge in [0.2, 0.25) is 15.9 Å². The molecule has 1 atom stereocenters. The van der Waals surface area contributed by atoms with Gasteiger partial charge in [0.25, 0.3) is 0 Å². The predicted molar refractivity (Wildman–Crippen MR) is 130 cm³/mol. The van der Waals surface area contributed by atoms with Crippen LogP contribution in [0.4, 0.5) is 0 Å². The topological polar surface area (TPSA) is 66.5 Å². The minimum atomic E-state index is -3.28. The lowest BCUT2D eigenvalue weighted by atomic mass is 9.93. The summed E-state index contributed by atoms with van der Waals surface area (Å²) in [6.45, 7) is 5.16. The Morgan fingerprint density at radius 1 is 1.00 bits per heavy atom. The van der Waals surface area contributed by atoms with Crippen LogP contribution >= 0.6 is 0 Å². The van der Waals surface area contributed by atoms with Gasteiger partial charge < -0.3 is 5.32 Å². The van der Waals surface area contributed by atoms with E-state index in [4.69, 9.17) is 0 Å². The van der Waals surface area contributed by atoms with Gasteiger partial charge in [0.05, 0.1) is 11.8 Å². The first-order valence-electron chi connectivity index (χ1n) is 11.7. The molecule has 0 aliphatic carbocycles. The van der Waals surface area contributed by atoms with E-state index in [0.717, 1.165) is 24.0 Å². The molecule has 1 saturated heterocycles. The van der Waals surface area contributed by atoms with Gasteiger partial charge in [0, 0.05) is 19.0 Å². The number of rotatable bonds is 10. The van der Waals surface area contributed by atoms with E-state index in [1.807, 2.05) is 48.5 Å². The lowest BCUT2D eigenvalue weighted by molar-refractivity contribution is -0.127. The number of carbonyl (C=O) groups excluding carboxylic acids is 1. The van der Waals surface area contributed by atoms with E-state index in [1.54, 1.807) is 4.31 Å². The van der Waals surface area contributed by atoms with Gasteiger partial charge in [-0.25, -0.2) is 12.7 Å². The minimum Gasteiger partial charge on any atom is -0.349 e. The zero-order chi connectivity index (χ0) is 23.0. The fourth-order valence-electron chi connectivity index (χ4n) is 4.35. The number of carbonyl (C=O) groups is 1. The van der Waals surface area contributed by atoms with Crippen molar-refractivity contribution in [3.05, 3.63) is 71.8 Å². The standard InChI is InChI=1S/C26H36N2O3S/c1-21(2)20-25(23-13-7-4-8-14-23)27-26(29)24-15-17-28(18-16-24)32(30,31)19-9-12-22-10-5-3-6-11-22/h3-8,10-11,13-14,21,24-25H,9,12,15-20H2,1-2H3,(H,27,29). The molecule has 0 saturated carbocycles. The number of sulfonamides is 1. The summed E-state index contributed by atoms with van der Waals surface area (Å²) in [5.74, 6) is 0.525. The first kappa shape index (κ1) is 24.5. The summed E-state index contributed by atoms with van der Waals surface area (Å²) in [6, 6.07) is 20.0. The Kier molecular flexibility index (Phi) is 8.88. The van der Waals surface area contributed by atoms with Crippen molar-refractivity contribution in [1.82, 2.24) is 9.62 Å². The number of piperidine rings is 1. The molecular formula is C26H36N2O3S. The van der Waals surface area contributed by atoms with Crippen LogP contribution < -0.4 is 5.32 Å². The molecule has 0 radical (unpaired) electrons. The van der Waals surface area contributed by atoms with Crippen LogP contribution in [0.25, 0.3) is 0 Å². The van der Waals surface area contributed by atoms with E-state index >= 15 is 0 Å². The average molecular weight is 457 g/mol. The quantitative estimate of drug-likeness (QED) is 0.570. The highest BCUT2D eigenvalue weighted by Gasteiger charge is 2.31. The van der Waals surface area contributed by atoms with Crippen molar-refractivity contribution >= 4 is 15.9 Å². The third-order valence-corrected chi connectivity index (χ3v) is 8.11. The molecule has 2 aromatic carbocycles. The maximum atomic E-state index is 13.0. The van der Waals surface area contributed by atoms with Crippen molar-refractivity contribution in [2.75, 3.05) is 18.8 Å². The smallest absolute Gasteiger partial charge is 0.223 e. The summed E-state index contributed by atoms with van der Waals surface area (Å²) in [5.41, 5.74) is 2.28. The lowest BCUT2D eigenvalue weighted by Gasteiger charge is -2.32. The normalized spacial score (nSPS) is 16.7. The summed E-state index contributed by atoms with van der Waals surface area (Å²) >= 11 is 0. The van der Waals surface area contributed by atoms with Gasteiger partial charge in [0.1, 0.15) is 0 Å². The van der Waals surface area contributed by atoms with Gasteiger partial charge in [-0.05, 0) is 49.1 Å². The summed E-state index contributed by atoms with van der Waals surface area (Å²) in [4.78, 5) is 13.0. The second kappa shape index (κ2) is 11.6. The van der Waals surface area contributed by atoms with E-state index in [-0.39, 0.29) is 23.6 Å². The number of nitrogens with zero attached hydrogens (tertiary/aromatic N) is 1. The van der Waals surface area contributed by atoms with Crippen molar-refractivity contribution in [3.63, 3.8) is 0 Å². The zero-order valence-electron chi connectivity index (χ0n) is 19.2. The number of aryl methyl sites for hydroxylation is 1. The third kappa shape index (κ3) is 7.17. The average Bonchev–Trinajstić information content (AvgIpc) is 2.79. The largest absolute Gasteiger partial charge is 0.349 e. The predicted octanol–water partition coefficient (Wildman–Crippen LogP) is 4.56. The molecule has 0 aromatic heterocycles. The van der Waals surface area contributed by atoms with Crippen molar-refractivity contribution in [1.29, 1.82) is 0 Å². The Morgan fingerprint density at radius 2 is 1.59 bits per heavy atom. The van der Waals surface area contributed by atoms with Crippen LogP contribution in [-0.4, -0.2) is 37.5 Å². The second-order valence-corrected chi connectivity index (χ2v) is 11.3. The van der Waals surface area contributed by atoms with Crippen LogP contribution in [-0.2, 0) is 21.2 Å². The molecule has 1 N–H and O–H groups in total. The fraction of sp³-hybridized carbons (Fsp3) is 0.500. The zero-order valence-corrected chi connectivity index (χ0v) is 20.1. The molecule has 3 rings (SSSR count). The minimum absolute atomic E-state index is 0.0107. The molecule has 0 bridgehead atoms. The molecule has 1 aliphatic heterocycles. The van der Waals surface area contributed by atoms with Gasteiger partial charge >= 0.3 is 0 Å². The van der Waals surface area contributed by atoms with Crippen LogP contribution in [0.3, 0.4) is 0 Å². The fourth-order valence-corrected chi connectivity index (χ4v) is 5.89. The van der Waals surface area contributed by atoms with Crippen LogP contribution in [0.15, 0.2) is 60.7 Å². The summed E-state index contributed by atoms with van der Waals surface area (Å²) in [6.07, 6.45) is 3.40. The molecular weight excluding hydrogens is 420 g/mol. The van der Waals surface area contributed by atoms with E-state index in [9.17, 15) is 13.2 Å². The van der Waals surface area contributed by atoms with Crippen LogP contribution in [0.1, 0.15) is 56.7 Å². The SMILES string of the molecule is CC(C)CC(NC(=O)C1CCN(S(=O)(=O)CCCc2ccccc2)CC1)c1ccccc1. The van der Waals surface area contributed by atoms with Crippen molar-refractivity contribution in [3.8, 4) is 0 Å². The van der Waals surface area contributed by atoms with Gasteiger partial charge in [-0.3, -0.25) is 4.79 Å². The van der Waals surface area contributed by atoms with E-state index in [2.05, 4.69) is 31.3 Å². The van der Waals surface area contributed by atoms with Crippen molar-refractivity contribution in [2.45, 2.75) is 52.0 Å². The van der Waals surface area contributed by atoms with Gasteiger partial charge in [-0.2, -0.15) is 0 Å². The highest BCUT2D eigenvalue weighted by Crippen LogP contribution is 2.25. The maximum Gasteiger partial charge on any atom is 0.223 e. The maximum absolute atomic E-state index is 13.0. The van der Waals surface area contributed by atoms with Gasteiger partial charge in [-0.1, -0.05) is 74.5 Å². The van der Waals surface area contributed by atoms with E-state index in [0.29, 0.717) is 38.3 Å². The Balaban J connectivity index is 1.49. The van der Waals surface area contributed by atoms with E-state index in [1.165, 1.54) is 0 Å². The number of benzene rings is 2. The van der Waals surface area contributed by atoms with Crippen LogP contribution in [0.5, 0.6) is 0 Å². The molecule has 6 heteroatoms.